The third kappa shape index (κ3) is 3.94. The lowest BCUT2D eigenvalue weighted by Crippen LogP contribution is -2.43. The van der Waals surface area contributed by atoms with E-state index in [4.69, 9.17) is 16.3 Å². The van der Waals surface area contributed by atoms with Gasteiger partial charge in [-0.25, -0.2) is 0 Å². The maximum Gasteiger partial charge on any atom is 0.310 e. The summed E-state index contributed by atoms with van der Waals surface area (Å²) in [5.74, 6) is -2.76. The lowest BCUT2D eigenvalue weighted by molar-refractivity contribution is -0.148. The molecule has 0 bridgehead atoms. The number of esters is 1. The van der Waals surface area contributed by atoms with Crippen LogP contribution in [-0.4, -0.2) is 41.5 Å². The molecule has 3 atom stereocenters. The van der Waals surface area contributed by atoms with E-state index in [0.717, 1.165) is 6.42 Å². The monoisotopic (exact) mass is 455 g/mol. The first kappa shape index (κ1) is 21.8. The number of fused-ring (bicyclic) bond motifs is 1. The number of aromatic amines is 1. The van der Waals surface area contributed by atoms with Crippen LogP contribution in [0.25, 0.3) is 0 Å². The standard InChI is InChI=1S/C22H22ClN5O4/c1-2-32-21(31)12-6-5-9-28(11-12)22-26-18-17(20(30)27-22)16(14(10-24)19(29)25-18)13-7-3-4-8-15(13)23/h3-4,7-8,12,14,16H,2,5-6,9,11H2,1H3,(H2,25,26,27,29,30). The number of nitriles is 1. The van der Waals surface area contributed by atoms with Gasteiger partial charge in [-0.2, -0.15) is 10.2 Å². The molecule has 3 heterocycles. The minimum absolute atomic E-state index is 0.100. The average molecular weight is 456 g/mol. The third-order valence-electron chi connectivity index (χ3n) is 5.83. The van der Waals surface area contributed by atoms with E-state index in [1.165, 1.54) is 0 Å². The van der Waals surface area contributed by atoms with Crippen molar-refractivity contribution in [1.29, 1.82) is 5.26 Å². The van der Waals surface area contributed by atoms with Gasteiger partial charge in [0.2, 0.25) is 11.9 Å². The van der Waals surface area contributed by atoms with Crippen LogP contribution in [-0.2, 0) is 14.3 Å². The summed E-state index contributed by atoms with van der Waals surface area (Å²) < 4.78 is 5.13. The van der Waals surface area contributed by atoms with Gasteiger partial charge in [0.25, 0.3) is 5.56 Å². The fourth-order valence-corrected chi connectivity index (χ4v) is 4.59. The van der Waals surface area contributed by atoms with E-state index in [0.29, 0.717) is 36.7 Å². The van der Waals surface area contributed by atoms with Crippen LogP contribution in [0, 0.1) is 23.2 Å². The van der Waals surface area contributed by atoms with Gasteiger partial charge >= 0.3 is 5.97 Å². The number of nitrogens with one attached hydrogen (secondary N) is 2. The highest BCUT2D eigenvalue weighted by Crippen LogP contribution is 2.40. The van der Waals surface area contributed by atoms with Crippen molar-refractivity contribution >= 4 is 35.2 Å². The summed E-state index contributed by atoms with van der Waals surface area (Å²) in [7, 11) is 0. The normalized spacial score (nSPS) is 22.5. The van der Waals surface area contributed by atoms with E-state index in [1.807, 2.05) is 6.07 Å². The second kappa shape index (κ2) is 9.01. The first-order chi connectivity index (χ1) is 15.4. The van der Waals surface area contributed by atoms with E-state index < -0.39 is 23.3 Å². The predicted molar refractivity (Wildman–Crippen MR) is 117 cm³/mol. The van der Waals surface area contributed by atoms with Crippen molar-refractivity contribution < 1.29 is 14.3 Å². The molecular formula is C22H22ClN5O4. The molecule has 1 aromatic carbocycles. The summed E-state index contributed by atoms with van der Waals surface area (Å²) in [4.78, 5) is 47.1. The lowest BCUT2D eigenvalue weighted by Gasteiger charge is -2.33. The number of benzene rings is 1. The number of nitrogens with zero attached hydrogens (tertiary/aromatic N) is 3. The van der Waals surface area contributed by atoms with Gasteiger partial charge in [0, 0.05) is 24.0 Å². The molecule has 4 rings (SSSR count). The minimum Gasteiger partial charge on any atom is -0.466 e. The van der Waals surface area contributed by atoms with Gasteiger partial charge in [-0.1, -0.05) is 29.8 Å². The van der Waals surface area contributed by atoms with Crippen molar-refractivity contribution in [2.24, 2.45) is 11.8 Å². The minimum atomic E-state index is -1.13. The van der Waals surface area contributed by atoms with Gasteiger partial charge in [0.1, 0.15) is 11.7 Å². The molecule has 1 saturated heterocycles. The van der Waals surface area contributed by atoms with E-state index in [9.17, 15) is 19.6 Å². The number of H-pyrrole nitrogens is 1. The molecule has 2 aromatic rings. The largest absolute Gasteiger partial charge is 0.466 e. The molecule has 1 fully saturated rings. The molecule has 2 aliphatic heterocycles. The van der Waals surface area contributed by atoms with Crippen molar-refractivity contribution in [3.63, 3.8) is 0 Å². The molecule has 0 radical (unpaired) electrons. The zero-order chi connectivity index (χ0) is 22.8. The number of rotatable bonds is 4. The Morgan fingerprint density at radius 2 is 2.16 bits per heavy atom. The second-order valence-electron chi connectivity index (χ2n) is 7.78. The van der Waals surface area contributed by atoms with Gasteiger partial charge in [0.05, 0.1) is 24.2 Å². The molecule has 0 spiro atoms. The number of aromatic nitrogens is 2. The van der Waals surface area contributed by atoms with Crippen LogP contribution in [0.1, 0.15) is 36.8 Å². The molecule has 32 heavy (non-hydrogen) atoms. The Balaban J connectivity index is 1.74. The first-order valence-corrected chi connectivity index (χ1v) is 10.8. The average Bonchev–Trinajstić information content (AvgIpc) is 2.78. The molecule has 10 heteroatoms. The molecule has 0 aliphatic carbocycles. The highest BCUT2D eigenvalue weighted by molar-refractivity contribution is 6.31. The fraction of sp³-hybridized carbons (Fsp3) is 0.409. The van der Waals surface area contributed by atoms with Crippen molar-refractivity contribution in [3.05, 3.63) is 50.8 Å². The van der Waals surface area contributed by atoms with Gasteiger partial charge in [-0.05, 0) is 31.4 Å². The zero-order valence-electron chi connectivity index (χ0n) is 17.4. The Kier molecular flexibility index (Phi) is 6.15. The van der Waals surface area contributed by atoms with E-state index in [2.05, 4.69) is 15.3 Å². The summed E-state index contributed by atoms with van der Waals surface area (Å²) in [5.41, 5.74) is 0.234. The second-order valence-corrected chi connectivity index (χ2v) is 8.19. The van der Waals surface area contributed by atoms with Crippen LogP contribution in [0.15, 0.2) is 29.1 Å². The van der Waals surface area contributed by atoms with Gasteiger partial charge in [0.15, 0.2) is 0 Å². The molecule has 2 N–H and O–H groups in total. The number of hydrogen-bond acceptors (Lipinski definition) is 7. The van der Waals surface area contributed by atoms with Crippen LogP contribution < -0.4 is 15.8 Å². The Labute approximate surface area is 189 Å². The van der Waals surface area contributed by atoms with Gasteiger partial charge in [-0.15, -0.1) is 0 Å². The Bertz CT molecular complexity index is 1160. The van der Waals surface area contributed by atoms with Crippen LogP contribution in [0.3, 0.4) is 0 Å². The SMILES string of the molecule is CCOC(=O)C1CCCN(c2nc3c(c(=O)[nH]2)C(c2ccccc2Cl)C(C#N)C(=O)N3)C1. The highest BCUT2D eigenvalue weighted by atomic mass is 35.5. The molecule has 1 amide bonds. The van der Waals surface area contributed by atoms with Crippen LogP contribution in [0.5, 0.6) is 0 Å². The number of carbonyl (C=O) groups excluding carboxylic acids is 2. The molecule has 0 saturated carbocycles. The quantitative estimate of drug-likeness (QED) is 0.677. The summed E-state index contributed by atoms with van der Waals surface area (Å²) >= 11 is 6.35. The van der Waals surface area contributed by atoms with Crippen molar-refractivity contribution in [1.82, 2.24) is 9.97 Å². The number of carbonyl (C=O) groups is 2. The number of piperidine rings is 1. The molecule has 3 unspecified atom stereocenters. The lowest BCUT2D eigenvalue weighted by atomic mass is 9.79. The van der Waals surface area contributed by atoms with E-state index >= 15 is 0 Å². The van der Waals surface area contributed by atoms with E-state index in [1.54, 1.807) is 36.1 Å². The number of halogens is 1. The van der Waals surface area contributed by atoms with Crippen molar-refractivity contribution in [3.8, 4) is 6.07 Å². The van der Waals surface area contributed by atoms with Crippen molar-refractivity contribution in [2.45, 2.75) is 25.7 Å². The number of hydrogen-bond donors (Lipinski definition) is 2. The predicted octanol–water partition coefficient (Wildman–Crippen LogP) is 2.43. The zero-order valence-corrected chi connectivity index (χ0v) is 18.2. The molecule has 9 nitrogen and oxygen atoms in total. The molecule has 1 aromatic heterocycles. The number of amides is 1. The van der Waals surface area contributed by atoms with Gasteiger partial charge < -0.3 is 15.0 Å². The smallest absolute Gasteiger partial charge is 0.310 e. The Morgan fingerprint density at radius 1 is 1.38 bits per heavy atom. The van der Waals surface area contributed by atoms with Crippen LogP contribution >= 0.6 is 11.6 Å². The van der Waals surface area contributed by atoms with Crippen LogP contribution in [0.2, 0.25) is 5.02 Å². The highest BCUT2D eigenvalue weighted by Gasteiger charge is 2.41. The maximum absolute atomic E-state index is 13.2. The Morgan fingerprint density at radius 3 is 2.88 bits per heavy atom. The summed E-state index contributed by atoms with van der Waals surface area (Å²) in [6.07, 6.45) is 1.43. The number of anilines is 2. The first-order valence-electron chi connectivity index (χ1n) is 10.4. The topological polar surface area (TPSA) is 128 Å². The summed E-state index contributed by atoms with van der Waals surface area (Å²) in [5, 5.41) is 12.6. The molecule has 166 valence electrons. The van der Waals surface area contributed by atoms with Gasteiger partial charge in [-0.3, -0.25) is 19.4 Å². The van der Waals surface area contributed by atoms with Crippen LogP contribution in [0.4, 0.5) is 11.8 Å². The summed E-state index contributed by atoms with van der Waals surface area (Å²) in [6, 6.07) is 8.81. The Hall–Kier alpha value is -3.38. The molecule has 2 aliphatic rings. The maximum atomic E-state index is 13.2. The fourth-order valence-electron chi connectivity index (χ4n) is 4.33. The summed E-state index contributed by atoms with van der Waals surface area (Å²) in [6.45, 7) is 3.01. The third-order valence-corrected chi connectivity index (χ3v) is 6.18. The molecular weight excluding hydrogens is 434 g/mol. The van der Waals surface area contributed by atoms with Crippen molar-refractivity contribution in [2.75, 3.05) is 29.9 Å². The van der Waals surface area contributed by atoms with E-state index in [-0.39, 0.29) is 29.2 Å². The number of ether oxygens (including phenoxy) is 1.